The molecule has 0 aliphatic rings. The van der Waals surface area contributed by atoms with Gasteiger partial charge in [0, 0.05) is 19.3 Å². The Morgan fingerprint density at radius 3 is 2.93 bits per heavy atom. The summed E-state index contributed by atoms with van der Waals surface area (Å²) in [5.74, 6) is 0.239. The summed E-state index contributed by atoms with van der Waals surface area (Å²) in [6.45, 7) is 3.97. The summed E-state index contributed by atoms with van der Waals surface area (Å²) in [5, 5.41) is 3.06. The van der Waals surface area contributed by atoms with E-state index in [1.807, 2.05) is 6.92 Å². The first-order chi connectivity index (χ1) is 7.24. The van der Waals surface area contributed by atoms with Crippen molar-refractivity contribution < 1.29 is 9.53 Å². The molecule has 5 nitrogen and oxygen atoms in total. The number of pyridine rings is 1. The summed E-state index contributed by atoms with van der Waals surface area (Å²) in [4.78, 5) is 14.8. The van der Waals surface area contributed by atoms with E-state index in [4.69, 9.17) is 10.5 Å². The molecule has 1 aromatic heterocycles. The molecule has 5 heteroatoms. The van der Waals surface area contributed by atoms with Crippen molar-refractivity contribution in [2.24, 2.45) is 5.73 Å². The monoisotopic (exact) mass is 209 g/mol. The van der Waals surface area contributed by atoms with E-state index in [0.717, 1.165) is 0 Å². The molecule has 0 atom stereocenters. The Morgan fingerprint density at radius 2 is 2.40 bits per heavy atom. The van der Waals surface area contributed by atoms with Crippen LogP contribution in [0.2, 0.25) is 0 Å². The van der Waals surface area contributed by atoms with Gasteiger partial charge in [0.1, 0.15) is 5.82 Å². The number of aromatic nitrogens is 1. The SMILES string of the molecule is CCOCCNc1ccc(C(N)=O)cn1. The van der Waals surface area contributed by atoms with Gasteiger partial charge in [0.2, 0.25) is 5.91 Å². The number of nitrogens with two attached hydrogens (primary N) is 1. The van der Waals surface area contributed by atoms with E-state index in [1.165, 1.54) is 6.20 Å². The highest BCUT2D eigenvalue weighted by Crippen LogP contribution is 2.03. The molecule has 0 spiro atoms. The smallest absolute Gasteiger partial charge is 0.250 e. The van der Waals surface area contributed by atoms with Gasteiger partial charge in [-0.1, -0.05) is 0 Å². The molecular weight excluding hydrogens is 194 g/mol. The highest BCUT2D eigenvalue weighted by atomic mass is 16.5. The van der Waals surface area contributed by atoms with Crippen molar-refractivity contribution >= 4 is 11.7 Å². The van der Waals surface area contributed by atoms with Gasteiger partial charge in [-0.15, -0.1) is 0 Å². The average Bonchev–Trinajstić information content (AvgIpc) is 2.25. The maximum Gasteiger partial charge on any atom is 0.250 e. The van der Waals surface area contributed by atoms with Crippen LogP contribution in [0.15, 0.2) is 18.3 Å². The van der Waals surface area contributed by atoms with Crippen LogP contribution in [0.1, 0.15) is 17.3 Å². The van der Waals surface area contributed by atoms with Crippen LogP contribution in [0.5, 0.6) is 0 Å². The van der Waals surface area contributed by atoms with E-state index in [-0.39, 0.29) is 0 Å². The van der Waals surface area contributed by atoms with Gasteiger partial charge >= 0.3 is 0 Å². The van der Waals surface area contributed by atoms with Gasteiger partial charge in [0.15, 0.2) is 0 Å². The largest absolute Gasteiger partial charge is 0.380 e. The minimum Gasteiger partial charge on any atom is -0.380 e. The van der Waals surface area contributed by atoms with Crippen LogP contribution in [-0.2, 0) is 4.74 Å². The quantitative estimate of drug-likeness (QED) is 0.674. The minimum absolute atomic E-state index is 0.408. The van der Waals surface area contributed by atoms with Crippen molar-refractivity contribution in [3.8, 4) is 0 Å². The first-order valence-electron chi connectivity index (χ1n) is 4.81. The van der Waals surface area contributed by atoms with Gasteiger partial charge in [0.25, 0.3) is 0 Å². The van der Waals surface area contributed by atoms with Crippen molar-refractivity contribution in [1.29, 1.82) is 0 Å². The Morgan fingerprint density at radius 1 is 1.60 bits per heavy atom. The molecule has 1 aromatic rings. The number of primary amides is 1. The normalized spacial score (nSPS) is 9.93. The lowest BCUT2D eigenvalue weighted by Crippen LogP contribution is -2.13. The predicted molar refractivity (Wildman–Crippen MR) is 57.7 cm³/mol. The van der Waals surface area contributed by atoms with Gasteiger partial charge < -0.3 is 15.8 Å². The molecule has 1 heterocycles. The Hall–Kier alpha value is -1.62. The third-order valence-corrected chi connectivity index (χ3v) is 1.80. The molecule has 1 rings (SSSR count). The standard InChI is InChI=1S/C10H15N3O2/c1-2-15-6-5-12-9-4-3-8(7-13-9)10(11)14/h3-4,7H,2,5-6H2,1H3,(H2,11,14)(H,12,13). The number of nitrogens with zero attached hydrogens (tertiary/aromatic N) is 1. The summed E-state index contributed by atoms with van der Waals surface area (Å²) in [5.41, 5.74) is 5.49. The molecule has 0 radical (unpaired) electrons. The second-order valence-electron chi connectivity index (χ2n) is 2.92. The van der Waals surface area contributed by atoms with Crippen molar-refractivity contribution in [3.63, 3.8) is 0 Å². The number of hydrogen-bond acceptors (Lipinski definition) is 4. The van der Waals surface area contributed by atoms with Crippen LogP contribution in [0, 0.1) is 0 Å². The fourth-order valence-electron chi connectivity index (χ4n) is 1.04. The lowest BCUT2D eigenvalue weighted by atomic mass is 10.3. The maximum absolute atomic E-state index is 10.8. The maximum atomic E-state index is 10.8. The molecule has 0 bridgehead atoms. The number of carbonyl (C=O) groups excluding carboxylic acids is 1. The number of amides is 1. The van der Waals surface area contributed by atoms with Crippen molar-refractivity contribution in [2.75, 3.05) is 25.1 Å². The topological polar surface area (TPSA) is 77.2 Å². The van der Waals surface area contributed by atoms with E-state index >= 15 is 0 Å². The molecule has 0 aromatic carbocycles. The number of anilines is 1. The van der Waals surface area contributed by atoms with Gasteiger partial charge in [-0.05, 0) is 19.1 Å². The molecule has 0 saturated carbocycles. The molecule has 15 heavy (non-hydrogen) atoms. The van der Waals surface area contributed by atoms with Crippen LogP contribution >= 0.6 is 0 Å². The Bertz CT molecular complexity index is 311. The van der Waals surface area contributed by atoms with Gasteiger partial charge in [-0.25, -0.2) is 4.98 Å². The summed E-state index contributed by atoms with van der Waals surface area (Å²) in [7, 11) is 0. The highest BCUT2D eigenvalue weighted by molar-refractivity contribution is 5.92. The molecule has 0 unspecified atom stereocenters. The van der Waals surface area contributed by atoms with Crippen LogP contribution in [-0.4, -0.2) is 30.6 Å². The zero-order chi connectivity index (χ0) is 11.1. The summed E-state index contributed by atoms with van der Waals surface area (Å²) < 4.78 is 5.15. The first kappa shape index (κ1) is 11.5. The Balaban J connectivity index is 2.39. The lowest BCUT2D eigenvalue weighted by Gasteiger charge is -2.05. The van der Waals surface area contributed by atoms with Gasteiger partial charge in [0.05, 0.1) is 12.2 Å². The molecule has 0 fully saturated rings. The van der Waals surface area contributed by atoms with Crippen molar-refractivity contribution in [1.82, 2.24) is 4.98 Å². The second-order valence-corrected chi connectivity index (χ2v) is 2.92. The summed E-state index contributed by atoms with van der Waals surface area (Å²) in [6.07, 6.45) is 1.45. The van der Waals surface area contributed by atoms with Crippen molar-refractivity contribution in [3.05, 3.63) is 23.9 Å². The number of rotatable bonds is 6. The lowest BCUT2D eigenvalue weighted by molar-refractivity contribution is 0.1000. The van der Waals surface area contributed by atoms with Crippen LogP contribution in [0.25, 0.3) is 0 Å². The third kappa shape index (κ3) is 3.95. The minimum atomic E-state index is -0.469. The first-order valence-corrected chi connectivity index (χ1v) is 4.81. The van der Waals surface area contributed by atoms with Gasteiger partial charge in [-0.3, -0.25) is 4.79 Å². The predicted octanol–water partition coefficient (Wildman–Crippen LogP) is 0.629. The van der Waals surface area contributed by atoms with E-state index in [0.29, 0.717) is 31.1 Å². The fraction of sp³-hybridized carbons (Fsp3) is 0.400. The molecule has 82 valence electrons. The Labute approximate surface area is 88.6 Å². The number of carbonyl (C=O) groups is 1. The molecule has 0 aliphatic heterocycles. The van der Waals surface area contributed by atoms with E-state index in [9.17, 15) is 4.79 Å². The molecule has 0 saturated heterocycles. The van der Waals surface area contributed by atoms with E-state index in [1.54, 1.807) is 12.1 Å². The van der Waals surface area contributed by atoms with E-state index < -0.39 is 5.91 Å². The molecule has 3 N–H and O–H groups in total. The average molecular weight is 209 g/mol. The molecule has 0 aliphatic carbocycles. The zero-order valence-electron chi connectivity index (χ0n) is 8.69. The molecular formula is C10H15N3O2. The molecule has 1 amide bonds. The number of ether oxygens (including phenoxy) is 1. The highest BCUT2D eigenvalue weighted by Gasteiger charge is 1.99. The Kier molecular flexibility index (Phi) is 4.56. The van der Waals surface area contributed by atoms with Crippen LogP contribution < -0.4 is 11.1 Å². The third-order valence-electron chi connectivity index (χ3n) is 1.80. The zero-order valence-corrected chi connectivity index (χ0v) is 8.69. The summed E-state index contributed by atoms with van der Waals surface area (Å²) in [6, 6.07) is 3.35. The summed E-state index contributed by atoms with van der Waals surface area (Å²) >= 11 is 0. The fourth-order valence-corrected chi connectivity index (χ4v) is 1.04. The number of nitrogens with one attached hydrogen (secondary N) is 1. The van der Waals surface area contributed by atoms with Crippen LogP contribution in [0.3, 0.4) is 0 Å². The second kappa shape index (κ2) is 5.98. The van der Waals surface area contributed by atoms with E-state index in [2.05, 4.69) is 10.3 Å². The number of hydrogen-bond donors (Lipinski definition) is 2. The van der Waals surface area contributed by atoms with Gasteiger partial charge in [-0.2, -0.15) is 0 Å². The van der Waals surface area contributed by atoms with Crippen molar-refractivity contribution in [2.45, 2.75) is 6.92 Å². The van der Waals surface area contributed by atoms with Crippen LogP contribution in [0.4, 0.5) is 5.82 Å².